The molecule has 3 rings (SSSR count). The molecule has 7 heteroatoms. The van der Waals surface area contributed by atoms with E-state index in [4.69, 9.17) is 0 Å². The summed E-state index contributed by atoms with van der Waals surface area (Å²) in [6, 6.07) is 1.87. The van der Waals surface area contributed by atoms with Crippen LogP contribution in [0.1, 0.15) is 67.1 Å². The SMILES string of the molecule is CC(C)c1cc(C(=O)N2CCCC[C@@H]2c2ncn[nH]2)nn1C. The molecule has 1 fully saturated rings. The smallest absolute Gasteiger partial charge is 0.274 e. The van der Waals surface area contributed by atoms with Gasteiger partial charge in [0.05, 0.1) is 6.04 Å². The Morgan fingerprint density at radius 1 is 1.41 bits per heavy atom. The minimum atomic E-state index is -0.0340. The van der Waals surface area contributed by atoms with E-state index in [1.807, 2.05) is 18.0 Å². The first-order chi connectivity index (χ1) is 10.6. The number of nitrogens with one attached hydrogen (secondary N) is 1. The molecule has 1 N–H and O–H groups in total. The van der Waals surface area contributed by atoms with Crippen molar-refractivity contribution in [3.05, 3.63) is 29.6 Å². The molecule has 118 valence electrons. The predicted octanol–water partition coefficient (Wildman–Crippen LogP) is 2.03. The number of rotatable bonds is 3. The number of hydrogen-bond donors (Lipinski definition) is 1. The lowest BCUT2D eigenvalue weighted by molar-refractivity contribution is 0.0593. The van der Waals surface area contributed by atoms with E-state index in [1.165, 1.54) is 6.33 Å². The number of amides is 1. The van der Waals surface area contributed by atoms with Crippen LogP contribution in [0.3, 0.4) is 0 Å². The Kier molecular flexibility index (Phi) is 3.96. The first-order valence-corrected chi connectivity index (χ1v) is 7.78. The quantitative estimate of drug-likeness (QED) is 0.940. The molecule has 0 aliphatic carbocycles. The number of hydrogen-bond acceptors (Lipinski definition) is 4. The molecule has 2 aromatic rings. The van der Waals surface area contributed by atoms with Gasteiger partial charge < -0.3 is 4.90 Å². The van der Waals surface area contributed by atoms with Crippen LogP contribution in [0.5, 0.6) is 0 Å². The average Bonchev–Trinajstić information content (AvgIpc) is 3.15. The minimum Gasteiger partial charge on any atom is -0.327 e. The molecule has 22 heavy (non-hydrogen) atoms. The standard InChI is InChI=1S/C15H22N6O/c1-10(2)13-8-11(19-20(13)3)15(22)21-7-5-4-6-12(21)14-16-9-17-18-14/h8-10,12H,4-7H2,1-3H3,(H,16,17,18)/t12-/m1/s1. The summed E-state index contributed by atoms with van der Waals surface area (Å²) in [7, 11) is 1.89. The number of piperidine rings is 1. The highest BCUT2D eigenvalue weighted by Crippen LogP contribution is 2.30. The van der Waals surface area contributed by atoms with E-state index in [2.05, 4.69) is 34.1 Å². The number of carbonyl (C=O) groups excluding carboxylic acids is 1. The molecule has 1 atom stereocenters. The summed E-state index contributed by atoms with van der Waals surface area (Å²) in [5, 5.41) is 11.2. The molecule has 0 bridgehead atoms. The molecular formula is C15H22N6O. The van der Waals surface area contributed by atoms with E-state index in [0.29, 0.717) is 11.6 Å². The second-order valence-electron chi connectivity index (χ2n) is 6.11. The molecule has 0 aromatic carbocycles. The molecule has 0 saturated carbocycles. The normalized spacial score (nSPS) is 18.9. The van der Waals surface area contributed by atoms with Crippen molar-refractivity contribution in [2.24, 2.45) is 7.05 Å². The number of carbonyl (C=O) groups is 1. The van der Waals surface area contributed by atoms with Crippen molar-refractivity contribution in [2.75, 3.05) is 6.54 Å². The third-order valence-corrected chi connectivity index (χ3v) is 4.24. The lowest BCUT2D eigenvalue weighted by Gasteiger charge is -2.33. The summed E-state index contributed by atoms with van der Waals surface area (Å²) >= 11 is 0. The van der Waals surface area contributed by atoms with Crippen molar-refractivity contribution in [1.82, 2.24) is 29.9 Å². The number of aryl methyl sites for hydroxylation is 1. The molecule has 7 nitrogen and oxygen atoms in total. The molecule has 2 aromatic heterocycles. The summed E-state index contributed by atoms with van der Waals surface area (Å²) in [5.41, 5.74) is 1.58. The molecular weight excluding hydrogens is 280 g/mol. The van der Waals surface area contributed by atoms with Crippen LogP contribution in [0.4, 0.5) is 0 Å². The van der Waals surface area contributed by atoms with E-state index >= 15 is 0 Å². The summed E-state index contributed by atoms with van der Waals surface area (Å²) in [6.45, 7) is 4.94. The Morgan fingerprint density at radius 3 is 2.86 bits per heavy atom. The minimum absolute atomic E-state index is 0.0244. The van der Waals surface area contributed by atoms with Gasteiger partial charge in [-0.25, -0.2) is 4.98 Å². The van der Waals surface area contributed by atoms with Gasteiger partial charge in [-0.2, -0.15) is 10.2 Å². The van der Waals surface area contributed by atoms with Crippen LogP contribution >= 0.6 is 0 Å². The number of aromatic amines is 1. The highest BCUT2D eigenvalue weighted by molar-refractivity contribution is 5.92. The highest BCUT2D eigenvalue weighted by Gasteiger charge is 2.32. The van der Waals surface area contributed by atoms with Crippen molar-refractivity contribution in [3.8, 4) is 0 Å². The van der Waals surface area contributed by atoms with Gasteiger partial charge in [0.1, 0.15) is 12.2 Å². The van der Waals surface area contributed by atoms with E-state index < -0.39 is 0 Å². The lowest BCUT2D eigenvalue weighted by Crippen LogP contribution is -2.39. The van der Waals surface area contributed by atoms with E-state index in [1.54, 1.807) is 4.68 Å². The first-order valence-electron chi connectivity index (χ1n) is 7.78. The van der Waals surface area contributed by atoms with Crippen molar-refractivity contribution < 1.29 is 4.79 Å². The van der Waals surface area contributed by atoms with E-state index in [9.17, 15) is 4.79 Å². The second kappa shape index (κ2) is 5.90. The van der Waals surface area contributed by atoms with E-state index in [-0.39, 0.29) is 11.9 Å². The van der Waals surface area contributed by atoms with Gasteiger partial charge in [-0.1, -0.05) is 13.8 Å². The van der Waals surface area contributed by atoms with Gasteiger partial charge in [-0.3, -0.25) is 14.6 Å². The molecule has 1 aliphatic heterocycles. The maximum atomic E-state index is 12.9. The van der Waals surface area contributed by atoms with Crippen LogP contribution in [0.15, 0.2) is 12.4 Å². The van der Waals surface area contributed by atoms with Gasteiger partial charge in [0.25, 0.3) is 5.91 Å². The Labute approximate surface area is 129 Å². The number of likely N-dealkylation sites (tertiary alicyclic amines) is 1. The fourth-order valence-electron chi connectivity index (χ4n) is 3.11. The van der Waals surface area contributed by atoms with Gasteiger partial charge in [-0.15, -0.1) is 0 Å². The van der Waals surface area contributed by atoms with Crippen molar-refractivity contribution in [1.29, 1.82) is 0 Å². The van der Waals surface area contributed by atoms with Crippen molar-refractivity contribution >= 4 is 5.91 Å². The zero-order chi connectivity index (χ0) is 15.7. The summed E-state index contributed by atoms with van der Waals surface area (Å²) in [6.07, 6.45) is 4.50. The summed E-state index contributed by atoms with van der Waals surface area (Å²) in [4.78, 5) is 19.0. The fourth-order valence-corrected chi connectivity index (χ4v) is 3.11. The number of H-pyrrole nitrogens is 1. The average molecular weight is 302 g/mol. The van der Waals surface area contributed by atoms with Gasteiger partial charge in [0.15, 0.2) is 5.69 Å². The topological polar surface area (TPSA) is 79.7 Å². The van der Waals surface area contributed by atoms with Crippen molar-refractivity contribution in [3.63, 3.8) is 0 Å². The molecule has 3 heterocycles. The molecule has 0 unspecified atom stereocenters. The molecule has 0 spiro atoms. The van der Waals surface area contributed by atoms with Gasteiger partial charge in [0.2, 0.25) is 0 Å². The van der Waals surface area contributed by atoms with Crippen LogP contribution < -0.4 is 0 Å². The largest absolute Gasteiger partial charge is 0.327 e. The third-order valence-electron chi connectivity index (χ3n) is 4.24. The molecule has 1 amide bonds. The first kappa shape index (κ1) is 14.7. The predicted molar refractivity (Wildman–Crippen MR) is 81.3 cm³/mol. The van der Waals surface area contributed by atoms with Crippen molar-refractivity contribution in [2.45, 2.75) is 45.1 Å². The van der Waals surface area contributed by atoms with Crippen LogP contribution in [0.2, 0.25) is 0 Å². The Hall–Kier alpha value is -2.18. The Bertz CT molecular complexity index is 645. The van der Waals surface area contributed by atoms with Gasteiger partial charge in [0, 0.05) is 19.3 Å². The highest BCUT2D eigenvalue weighted by atomic mass is 16.2. The van der Waals surface area contributed by atoms with Gasteiger partial charge >= 0.3 is 0 Å². The lowest BCUT2D eigenvalue weighted by atomic mass is 10.0. The zero-order valence-corrected chi connectivity index (χ0v) is 13.3. The maximum Gasteiger partial charge on any atom is 0.274 e. The fraction of sp³-hybridized carbons (Fsp3) is 0.600. The van der Waals surface area contributed by atoms with Crippen LogP contribution in [-0.4, -0.2) is 42.3 Å². The van der Waals surface area contributed by atoms with Crippen LogP contribution in [-0.2, 0) is 7.05 Å². The molecule has 1 aliphatic rings. The maximum absolute atomic E-state index is 12.9. The van der Waals surface area contributed by atoms with E-state index in [0.717, 1.165) is 37.3 Å². The third kappa shape index (κ3) is 2.63. The van der Waals surface area contributed by atoms with Crippen LogP contribution in [0, 0.1) is 0 Å². The second-order valence-corrected chi connectivity index (χ2v) is 6.11. The van der Waals surface area contributed by atoms with Gasteiger partial charge in [-0.05, 0) is 31.2 Å². The van der Waals surface area contributed by atoms with Crippen LogP contribution in [0.25, 0.3) is 0 Å². The summed E-state index contributed by atoms with van der Waals surface area (Å²) in [5.74, 6) is 1.07. The number of aromatic nitrogens is 5. The molecule has 1 saturated heterocycles. The summed E-state index contributed by atoms with van der Waals surface area (Å²) < 4.78 is 1.80. The monoisotopic (exact) mass is 302 g/mol. The molecule has 0 radical (unpaired) electrons. The number of nitrogens with zero attached hydrogens (tertiary/aromatic N) is 5. The Balaban J connectivity index is 1.87. The Morgan fingerprint density at radius 2 is 2.23 bits per heavy atom. The zero-order valence-electron chi connectivity index (χ0n) is 13.3.